The van der Waals surface area contributed by atoms with Gasteiger partial charge in [0.25, 0.3) is 5.91 Å². The minimum absolute atomic E-state index is 0.0748. The van der Waals surface area contributed by atoms with E-state index in [1.54, 1.807) is 12.1 Å². The fourth-order valence-corrected chi connectivity index (χ4v) is 2.05. The lowest BCUT2D eigenvalue weighted by atomic mass is 10.1. The first-order valence-electron chi connectivity index (χ1n) is 5.58. The van der Waals surface area contributed by atoms with Gasteiger partial charge in [-0.3, -0.25) is 9.59 Å². The second-order valence-electron chi connectivity index (χ2n) is 3.99. The lowest BCUT2D eigenvalue weighted by Crippen LogP contribution is -2.41. The summed E-state index contributed by atoms with van der Waals surface area (Å²) in [5.74, 6) is -2.47. The molecule has 6 nitrogen and oxygen atoms in total. The maximum atomic E-state index is 12.0. The Hall–Kier alpha value is -1.60. The van der Waals surface area contributed by atoms with Crippen LogP contribution < -0.4 is 11.1 Å². The maximum absolute atomic E-state index is 12.0. The van der Waals surface area contributed by atoms with E-state index in [-0.39, 0.29) is 18.4 Å². The number of carboxylic acid groups (broad SMARTS) is 1. The minimum atomic E-state index is -1.24. The highest BCUT2D eigenvalue weighted by molar-refractivity contribution is 9.10. The smallest absolute Gasteiger partial charge is 0.326 e. The number of primary amides is 1. The average molecular weight is 364 g/mol. The van der Waals surface area contributed by atoms with Crippen molar-refractivity contribution in [2.45, 2.75) is 18.9 Å². The highest BCUT2D eigenvalue weighted by Gasteiger charge is 2.22. The van der Waals surface area contributed by atoms with Gasteiger partial charge in [-0.05, 0) is 40.5 Å². The van der Waals surface area contributed by atoms with Crippen molar-refractivity contribution in [1.29, 1.82) is 0 Å². The molecule has 1 aromatic carbocycles. The molecule has 1 aromatic rings. The number of hydrogen-bond donors (Lipinski definition) is 3. The summed E-state index contributed by atoms with van der Waals surface area (Å²) in [6.45, 7) is 0. The second-order valence-corrected chi connectivity index (χ2v) is 5.28. The van der Waals surface area contributed by atoms with E-state index in [4.69, 9.17) is 22.4 Å². The van der Waals surface area contributed by atoms with Gasteiger partial charge in [0, 0.05) is 15.9 Å². The molecule has 0 heterocycles. The number of carboxylic acids is 1. The summed E-state index contributed by atoms with van der Waals surface area (Å²) in [5, 5.41) is 11.7. The number of nitrogens with two attached hydrogens (primary N) is 1. The van der Waals surface area contributed by atoms with Crippen molar-refractivity contribution in [3.05, 3.63) is 33.3 Å². The molecule has 0 aromatic heterocycles. The van der Waals surface area contributed by atoms with Crippen LogP contribution in [0.4, 0.5) is 0 Å². The standard InChI is InChI=1S/C12H12BrClN2O4/c13-8-2-1-6(14)5-7(8)11(18)16-9(12(19)20)3-4-10(15)17/h1-2,5,9H,3-4H2,(H2,15,17)(H,16,18)(H,19,20). The molecule has 1 atom stereocenters. The second kappa shape index (κ2) is 7.25. The molecule has 4 N–H and O–H groups in total. The lowest BCUT2D eigenvalue weighted by molar-refractivity contribution is -0.139. The molecule has 108 valence electrons. The minimum Gasteiger partial charge on any atom is -0.480 e. The fourth-order valence-electron chi connectivity index (χ4n) is 1.45. The molecule has 0 spiro atoms. The van der Waals surface area contributed by atoms with Crippen LogP contribution in [0.15, 0.2) is 22.7 Å². The Bertz CT molecular complexity index is 550. The Labute approximate surface area is 128 Å². The molecule has 0 aliphatic rings. The maximum Gasteiger partial charge on any atom is 0.326 e. The van der Waals surface area contributed by atoms with Crippen LogP contribution in [0.25, 0.3) is 0 Å². The molecule has 0 saturated heterocycles. The molecular formula is C12H12BrClN2O4. The van der Waals surface area contributed by atoms with Gasteiger partial charge in [-0.1, -0.05) is 11.6 Å². The van der Waals surface area contributed by atoms with Gasteiger partial charge in [-0.2, -0.15) is 0 Å². The van der Waals surface area contributed by atoms with E-state index in [2.05, 4.69) is 21.2 Å². The molecule has 0 fully saturated rings. The first-order chi connectivity index (χ1) is 9.31. The van der Waals surface area contributed by atoms with Crippen molar-refractivity contribution in [3.63, 3.8) is 0 Å². The summed E-state index contributed by atoms with van der Waals surface area (Å²) >= 11 is 8.96. The van der Waals surface area contributed by atoms with Crippen LogP contribution in [0.5, 0.6) is 0 Å². The highest BCUT2D eigenvalue weighted by Crippen LogP contribution is 2.21. The number of carbonyl (C=O) groups excluding carboxylic acids is 2. The Morgan fingerprint density at radius 3 is 2.60 bits per heavy atom. The number of aliphatic carboxylic acids is 1. The van der Waals surface area contributed by atoms with Gasteiger partial charge in [-0.15, -0.1) is 0 Å². The molecule has 0 radical (unpaired) electrons. The summed E-state index contributed by atoms with van der Waals surface area (Å²) < 4.78 is 0.485. The summed E-state index contributed by atoms with van der Waals surface area (Å²) in [6, 6.07) is 3.38. The van der Waals surface area contributed by atoms with Crippen molar-refractivity contribution < 1.29 is 19.5 Å². The third-order valence-electron chi connectivity index (χ3n) is 2.46. The van der Waals surface area contributed by atoms with Gasteiger partial charge in [0.1, 0.15) is 6.04 Å². The van der Waals surface area contributed by atoms with Crippen LogP contribution in [0.2, 0.25) is 5.02 Å². The summed E-state index contributed by atoms with van der Waals surface area (Å²) in [6.07, 6.45) is -0.206. The van der Waals surface area contributed by atoms with Crippen molar-refractivity contribution in [1.82, 2.24) is 5.32 Å². The van der Waals surface area contributed by atoms with E-state index in [0.717, 1.165) is 0 Å². The zero-order chi connectivity index (χ0) is 15.3. The van der Waals surface area contributed by atoms with Crippen molar-refractivity contribution in [3.8, 4) is 0 Å². The molecule has 20 heavy (non-hydrogen) atoms. The molecule has 0 aliphatic heterocycles. The van der Waals surface area contributed by atoms with Crippen molar-refractivity contribution >= 4 is 45.3 Å². The first kappa shape index (κ1) is 16.5. The first-order valence-corrected chi connectivity index (χ1v) is 6.75. The number of carbonyl (C=O) groups is 3. The Morgan fingerprint density at radius 2 is 2.05 bits per heavy atom. The number of benzene rings is 1. The van der Waals surface area contributed by atoms with E-state index in [1.807, 2.05) is 0 Å². The van der Waals surface area contributed by atoms with Crippen molar-refractivity contribution in [2.24, 2.45) is 5.73 Å². The summed E-state index contributed by atoms with van der Waals surface area (Å²) in [4.78, 5) is 33.7. The molecule has 8 heteroatoms. The zero-order valence-electron chi connectivity index (χ0n) is 10.2. The highest BCUT2D eigenvalue weighted by atomic mass is 79.9. The molecular weight excluding hydrogens is 351 g/mol. The molecule has 0 aliphatic carbocycles. The largest absolute Gasteiger partial charge is 0.480 e. The van der Waals surface area contributed by atoms with E-state index in [0.29, 0.717) is 9.50 Å². The molecule has 0 saturated carbocycles. The Kier molecular flexibility index (Phi) is 5.97. The average Bonchev–Trinajstić information content (AvgIpc) is 2.36. The number of halogens is 2. The Morgan fingerprint density at radius 1 is 1.40 bits per heavy atom. The van der Waals surface area contributed by atoms with Gasteiger partial charge in [0.05, 0.1) is 5.56 Å². The quantitative estimate of drug-likeness (QED) is 0.712. The predicted molar refractivity (Wildman–Crippen MR) is 76.5 cm³/mol. The van der Waals surface area contributed by atoms with Gasteiger partial charge in [0.15, 0.2) is 0 Å². The number of amides is 2. The monoisotopic (exact) mass is 362 g/mol. The molecule has 0 bridgehead atoms. The van der Waals surface area contributed by atoms with Crippen LogP contribution in [-0.2, 0) is 9.59 Å². The third kappa shape index (κ3) is 4.82. The lowest BCUT2D eigenvalue weighted by Gasteiger charge is -2.14. The van der Waals surface area contributed by atoms with Crippen LogP contribution in [-0.4, -0.2) is 28.9 Å². The van der Waals surface area contributed by atoms with Crippen LogP contribution in [0.1, 0.15) is 23.2 Å². The summed E-state index contributed by atoms with van der Waals surface area (Å²) in [5.41, 5.74) is 5.17. The van der Waals surface area contributed by atoms with Crippen molar-refractivity contribution in [2.75, 3.05) is 0 Å². The van der Waals surface area contributed by atoms with Crippen LogP contribution >= 0.6 is 27.5 Å². The zero-order valence-corrected chi connectivity index (χ0v) is 12.6. The molecule has 1 unspecified atom stereocenters. The molecule has 2 amide bonds. The fraction of sp³-hybridized carbons (Fsp3) is 0.250. The topological polar surface area (TPSA) is 109 Å². The van der Waals surface area contributed by atoms with E-state index < -0.39 is 23.8 Å². The van der Waals surface area contributed by atoms with Gasteiger partial charge in [-0.25, -0.2) is 4.79 Å². The SMILES string of the molecule is NC(=O)CCC(NC(=O)c1cc(Cl)ccc1Br)C(=O)O. The summed E-state index contributed by atoms with van der Waals surface area (Å²) in [7, 11) is 0. The van der Waals surface area contributed by atoms with Gasteiger partial charge >= 0.3 is 5.97 Å². The molecule has 1 rings (SSSR count). The predicted octanol–water partition coefficient (Wildman–Crippen LogP) is 1.55. The number of hydrogen-bond acceptors (Lipinski definition) is 3. The van der Waals surface area contributed by atoms with Gasteiger partial charge in [0.2, 0.25) is 5.91 Å². The normalized spacial score (nSPS) is 11.7. The van der Waals surface area contributed by atoms with Crippen LogP contribution in [0.3, 0.4) is 0 Å². The van der Waals surface area contributed by atoms with E-state index >= 15 is 0 Å². The third-order valence-corrected chi connectivity index (χ3v) is 3.38. The van der Waals surface area contributed by atoms with E-state index in [9.17, 15) is 14.4 Å². The van der Waals surface area contributed by atoms with Crippen LogP contribution in [0, 0.1) is 0 Å². The number of nitrogens with one attached hydrogen (secondary N) is 1. The van der Waals surface area contributed by atoms with Gasteiger partial charge < -0.3 is 16.2 Å². The number of rotatable bonds is 6. The van der Waals surface area contributed by atoms with E-state index in [1.165, 1.54) is 6.07 Å². The Balaban J connectivity index is 2.82.